The topological polar surface area (TPSA) is 50.4 Å². The molecule has 1 N–H and O–H groups in total. The molecule has 0 aliphatic carbocycles. The van der Waals surface area contributed by atoms with E-state index in [9.17, 15) is 9.46 Å². The van der Waals surface area contributed by atoms with Crippen molar-refractivity contribution in [2.75, 3.05) is 6.61 Å². The first-order valence-electron chi connectivity index (χ1n) is 10.6. The molecule has 0 saturated heterocycles. The lowest BCUT2D eigenvalue weighted by atomic mass is 10.0. The number of hydrogen-bond acceptors (Lipinski definition) is 2. The predicted molar refractivity (Wildman–Crippen MR) is 108 cm³/mol. The van der Waals surface area contributed by atoms with Gasteiger partial charge in [-0.3, -0.25) is 9.42 Å². The number of hydrogen-bond donors (Lipinski definition) is 1. The van der Waals surface area contributed by atoms with Crippen LogP contribution in [0, 0.1) is 0 Å². The third-order valence-electron chi connectivity index (χ3n) is 4.75. The Morgan fingerprint density at radius 2 is 1.15 bits per heavy atom. The molecule has 26 heavy (non-hydrogen) atoms. The van der Waals surface area contributed by atoms with E-state index in [2.05, 4.69) is 6.92 Å². The Morgan fingerprint density at radius 1 is 0.731 bits per heavy atom. The number of nitrogens with zero attached hydrogens (tertiary/aromatic N) is 1. The minimum atomic E-state index is -3.71. The monoisotopic (exact) mass is 384 g/mol. The minimum Gasteiger partial charge on any atom is -0.270 e. The Hall–Kier alpha value is -0.700. The maximum atomic E-state index is 12.0. The summed E-state index contributed by atoms with van der Waals surface area (Å²) in [6.45, 7) is 2.61. The standard InChI is InChI=1S/C21H38NO3P/c1-2-3-4-5-6-7-8-9-10-11-12-13-14-18-21-25-26(23,24)22-19-16-15-17-20-22/h15-17,19-20H,2-14,18,21H2,1H3/p+1. The van der Waals surface area contributed by atoms with Crippen LogP contribution in [-0.4, -0.2) is 11.5 Å². The van der Waals surface area contributed by atoms with Crippen LogP contribution < -0.4 is 4.34 Å². The van der Waals surface area contributed by atoms with Crippen molar-refractivity contribution in [2.24, 2.45) is 0 Å². The number of aromatic nitrogens is 1. The molecule has 1 atom stereocenters. The molecule has 0 bridgehead atoms. The molecule has 4 nitrogen and oxygen atoms in total. The molecule has 0 aliphatic rings. The zero-order valence-corrected chi connectivity index (χ0v) is 17.5. The van der Waals surface area contributed by atoms with E-state index in [1.54, 1.807) is 24.5 Å². The fraction of sp³-hybridized carbons (Fsp3) is 0.762. The first-order valence-corrected chi connectivity index (χ1v) is 12.1. The lowest BCUT2D eigenvalue weighted by Crippen LogP contribution is -2.30. The molecule has 0 aromatic carbocycles. The summed E-state index contributed by atoms with van der Waals surface area (Å²) in [7, 11) is -3.71. The molecule has 1 aromatic rings. The third-order valence-corrected chi connectivity index (χ3v) is 6.12. The van der Waals surface area contributed by atoms with Gasteiger partial charge >= 0.3 is 7.75 Å². The summed E-state index contributed by atoms with van der Waals surface area (Å²) in [6, 6.07) is 5.25. The number of rotatable bonds is 17. The van der Waals surface area contributed by atoms with Crippen LogP contribution in [0.3, 0.4) is 0 Å². The van der Waals surface area contributed by atoms with Crippen molar-refractivity contribution in [1.29, 1.82) is 0 Å². The van der Waals surface area contributed by atoms with Crippen LogP contribution in [0.15, 0.2) is 30.6 Å². The minimum absolute atomic E-state index is 0.341. The summed E-state index contributed by atoms with van der Waals surface area (Å²) >= 11 is 0. The van der Waals surface area contributed by atoms with Gasteiger partial charge in [-0.25, -0.2) is 0 Å². The van der Waals surface area contributed by atoms with Gasteiger partial charge in [0.25, 0.3) is 0 Å². The number of unbranched alkanes of at least 4 members (excludes halogenated alkanes) is 13. The summed E-state index contributed by atoms with van der Waals surface area (Å²) in [4.78, 5) is 9.89. The maximum Gasteiger partial charge on any atom is 0.610 e. The van der Waals surface area contributed by atoms with E-state index in [4.69, 9.17) is 4.52 Å². The van der Waals surface area contributed by atoms with Crippen molar-refractivity contribution in [1.82, 2.24) is 0 Å². The average Bonchev–Trinajstić information content (AvgIpc) is 2.65. The van der Waals surface area contributed by atoms with E-state index in [1.807, 2.05) is 6.07 Å². The highest BCUT2D eigenvalue weighted by atomic mass is 31.2. The van der Waals surface area contributed by atoms with Crippen LogP contribution >= 0.6 is 7.75 Å². The smallest absolute Gasteiger partial charge is 0.270 e. The van der Waals surface area contributed by atoms with Gasteiger partial charge in [-0.1, -0.05) is 96.5 Å². The van der Waals surface area contributed by atoms with Gasteiger partial charge in [0.15, 0.2) is 12.4 Å². The van der Waals surface area contributed by atoms with Gasteiger partial charge in [0.2, 0.25) is 0 Å². The Balaban J connectivity index is 1.86. The van der Waals surface area contributed by atoms with E-state index in [0.29, 0.717) is 6.61 Å². The van der Waals surface area contributed by atoms with Crippen LogP contribution in [0.2, 0.25) is 0 Å². The van der Waals surface area contributed by atoms with Crippen molar-refractivity contribution in [3.8, 4) is 0 Å². The van der Waals surface area contributed by atoms with Crippen LogP contribution in [0.5, 0.6) is 0 Å². The van der Waals surface area contributed by atoms with Crippen molar-refractivity contribution in [3.05, 3.63) is 30.6 Å². The van der Waals surface area contributed by atoms with E-state index in [-0.39, 0.29) is 0 Å². The summed E-state index contributed by atoms with van der Waals surface area (Å²) in [6.07, 6.45) is 21.3. The van der Waals surface area contributed by atoms with Crippen molar-refractivity contribution in [3.63, 3.8) is 0 Å². The van der Waals surface area contributed by atoms with E-state index >= 15 is 0 Å². The molecule has 0 amide bonds. The van der Waals surface area contributed by atoms with Gasteiger partial charge in [0, 0.05) is 12.1 Å². The van der Waals surface area contributed by atoms with Gasteiger partial charge in [-0.05, 0) is 6.42 Å². The summed E-state index contributed by atoms with van der Waals surface area (Å²) in [5.41, 5.74) is 0. The fourth-order valence-corrected chi connectivity index (χ4v) is 4.10. The lowest BCUT2D eigenvalue weighted by Gasteiger charge is -2.06. The molecule has 150 valence electrons. The second-order valence-corrected chi connectivity index (χ2v) is 8.88. The highest BCUT2D eigenvalue weighted by Gasteiger charge is 2.31. The van der Waals surface area contributed by atoms with Gasteiger partial charge < -0.3 is 0 Å². The Morgan fingerprint density at radius 3 is 1.62 bits per heavy atom. The fourth-order valence-electron chi connectivity index (χ4n) is 3.10. The van der Waals surface area contributed by atoms with E-state index < -0.39 is 7.75 Å². The van der Waals surface area contributed by atoms with Crippen LogP contribution in [0.4, 0.5) is 0 Å². The third kappa shape index (κ3) is 11.8. The highest BCUT2D eigenvalue weighted by Crippen LogP contribution is 2.35. The first-order chi connectivity index (χ1) is 12.7. The van der Waals surface area contributed by atoms with Crippen molar-refractivity contribution in [2.45, 2.75) is 96.8 Å². The zero-order chi connectivity index (χ0) is 18.9. The predicted octanol–water partition coefficient (Wildman–Crippen LogP) is 6.42. The van der Waals surface area contributed by atoms with Crippen molar-refractivity contribution >= 4 is 7.75 Å². The molecular formula is C21H39NO3P+. The van der Waals surface area contributed by atoms with Gasteiger partial charge in [-0.15, -0.1) is 4.34 Å². The van der Waals surface area contributed by atoms with Crippen LogP contribution in [0.25, 0.3) is 0 Å². The molecule has 1 unspecified atom stereocenters. The molecule has 0 radical (unpaired) electrons. The normalized spacial score (nSPS) is 13.6. The summed E-state index contributed by atoms with van der Waals surface area (Å²) in [5.74, 6) is 0. The Bertz CT molecular complexity index is 481. The Kier molecular flexibility index (Phi) is 13.8. The molecule has 0 saturated carbocycles. The molecule has 0 fully saturated rings. The maximum absolute atomic E-state index is 12.0. The number of pyridine rings is 1. The zero-order valence-electron chi connectivity index (χ0n) is 16.7. The average molecular weight is 385 g/mol. The van der Waals surface area contributed by atoms with E-state index in [0.717, 1.165) is 12.8 Å². The Labute approximate surface area is 160 Å². The molecule has 5 heteroatoms. The molecule has 1 heterocycles. The molecule has 1 aromatic heterocycles. The summed E-state index contributed by atoms with van der Waals surface area (Å²) in [5, 5.41) is 0. The SMILES string of the molecule is CCCCCCCCCCCCCCCCOP(=O)(O)[n+]1ccccc1. The summed E-state index contributed by atoms with van der Waals surface area (Å²) < 4.78 is 18.5. The molecule has 0 spiro atoms. The second-order valence-electron chi connectivity index (χ2n) is 7.18. The lowest BCUT2D eigenvalue weighted by molar-refractivity contribution is -0.540. The molecular weight excluding hydrogens is 345 g/mol. The largest absolute Gasteiger partial charge is 0.610 e. The van der Waals surface area contributed by atoms with Gasteiger partial charge in [0.05, 0.1) is 6.61 Å². The first kappa shape index (κ1) is 23.3. The van der Waals surface area contributed by atoms with Gasteiger partial charge in [-0.2, -0.15) is 4.57 Å². The van der Waals surface area contributed by atoms with Gasteiger partial charge in [0.1, 0.15) is 0 Å². The van der Waals surface area contributed by atoms with Crippen molar-refractivity contribution < 1.29 is 18.3 Å². The molecule has 1 rings (SSSR count). The van der Waals surface area contributed by atoms with Crippen LogP contribution in [-0.2, 0) is 9.09 Å². The quantitative estimate of drug-likeness (QED) is 0.249. The van der Waals surface area contributed by atoms with E-state index in [1.165, 1.54) is 81.4 Å². The molecule has 0 aliphatic heterocycles. The van der Waals surface area contributed by atoms with Crippen LogP contribution in [0.1, 0.15) is 96.8 Å². The second kappa shape index (κ2) is 15.4. The highest BCUT2D eigenvalue weighted by molar-refractivity contribution is 7.45.